The lowest BCUT2D eigenvalue weighted by molar-refractivity contribution is -0.132. The number of aliphatic hydroxyl groups is 2. The van der Waals surface area contributed by atoms with E-state index in [9.17, 15) is 43.5 Å². The van der Waals surface area contributed by atoms with Crippen molar-refractivity contribution in [2.24, 2.45) is 0 Å². The predicted octanol–water partition coefficient (Wildman–Crippen LogP) is -1.60. The standard InChI is InChI=1S/C42H64N8O15S/c1-28(2)38(40(58)47-29(3)39(57)48-32-7-5-31(6-8-32)27-65-42(60)45-11-15-51)49-35(54)10-16-61-18-20-63-22-23-64-21-19-62-17-12-43-34(53)9-14-50-37(56)25-33(41(50)59)66-24-13-44-36(55)26-46-30(4)52/h5-8,25,29,37-38,51,56H,1,9-24,26-27H2,2-4H3,(H,43,53)(H,44,55)(H,45,60)(H,46,52)(H,47,58)(H,48,57)(H,49,54)/t29-,37?,38-/m0/s1. The first kappa shape index (κ1) is 56.5. The Morgan fingerprint density at radius 1 is 0.758 bits per heavy atom. The Balaban J connectivity index is 1.46. The van der Waals surface area contributed by atoms with Gasteiger partial charge in [0.2, 0.25) is 35.4 Å². The molecule has 2 rings (SSSR count). The van der Waals surface area contributed by atoms with Crippen LogP contribution in [0.15, 0.2) is 47.4 Å². The molecule has 0 bridgehead atoms. The summed E-state index contributed by atoms with van der Waals surface area (Å²) in [6.07, 6.45) is -0.484. The highest BCUT2D eigenvalue weighted by Gasteiger charge is 2.31. The fourth-order valence-corrected chi connectivity index (χ4v) is 6.20. The van der Waals surface area contributed by atoms with Crippen LogP contribution in [-0.2, 0) is 63.9 Å². The van der Waals surface area contributed by atoms with Gasteiger partial charge >= 0.3 is 6.09 Å². The molecule has 0 spiro atoms. The second-order valence-electron chi connectivity index (χ2n) is 14.3. The van der Waals surface area contributed by atoms with Crippen molar-refractivity contribution in [3.63, 3.8) is 0 Å². The van der Waals surface area contributed by atoms with Gasteiger partial charge in [-0.1, -0.05) is 18.7 Å². The summed E-state index contributed by atoms with van der Waals surface area (Å²) < 4.78 is 26.8. The summed E-state index contributed by atoms with van der Waals surface area (Å²) in [4.78, 5) is 98.7. The molecule has 0 aromatic heterocycles. The SMILES string of the molecule is C=C(C)[C@H](NC(=O)CCOCCOCCOCCOCCNC(=O)CCN1C(=O)C(SCCNC(=O)CNC(C)=O)=CC1O)C(=O)N[C@@H](C)C(=O)Nc1ccc(COC(=O)NCCO)cc1. The average molecular weight is 953 g/mol. The fourth-order valence-electron chi connectivity index (χ4n) is 5.32. The van der Waals surface area contributed by atoms with Crippen molar-refractivity contribution in [2.75, 3.05) is 103 Å². The maximum Gasteiger partial charge on any atom is 0.407 e. The lowest BCUT2D eigenvalue weighted by Gasteiger charge is -2.21. The number of alkyl carbamates (subject to hydrolysis) is 1. The molecule has 0 saturated carbocycles. The van der Waals surface area contributed by atoms with Gasteiger partial charge in [-0.15, -0.1) is 11.8 Å². The summed E-state index contributed by atoms with van der Waals surface area (Å²) >= 11 is 1.17. The molecule has 0 aliphatic carbocycles. The highest BCUT2D eigenvalue weighted by molar-refractivity contribution is 8.04. The molecule has 1 aromatic carbocycles. The Bertz CT molecular complexity index is 1790. The summed E-state index contributed by atoms with van der Waals surface area (Å²) in [6.45, 7) is 10.4. The first-order valence-electron chi connectivity index (χ1n) is 21.2. The Morgan fingerprint density at radius 2 is 1.38 bits per heavy atom. The Morgan fingerprint density at radius 3 is 2.00 bits per heavy atom. The van der Waals surface area contributed by atoms with Crippen LogP contribution < -0.4 is 37.2 Å². The van der Waals surface area contributed by atoms with Crippen LogP contribution >= 0.6 is 11.8 Å². The van der Waals surface area contributed by atoms with E-state index in [0.29, 0.717) is 47.3 Å². The van der Waals surface area contributed by atoms with Crippen molar-refractivity contribution >= 4 is 64.9 Å². The summed E-state index contributed by atoms with van der Waals surface area (Å²) in [5.41, 5.74) is 1.47. The minimum Gasteiger partial charge on any atom is -0.445 e. The van der Waals surface area contributed by atoms with E-state index in [2.05, 4.69) is 43.8 Å². The van der Waals surface area contributed by atoms with Gasteiger partial charge < -0.3 is 76.0 Å². The van der Waals surface area contributed by atoms with Crippen LogP contribution in [0.2, 0.25) is 0 Å². The first-order valence-corrected chi connectivity index (χ1v) is 22.2. The van der Waals surface area contributed by atoms with Crippen LogP contribution in [0, 0.1) is 0 Å². The topological polar surface area (TPSA) is 311 Å². The van der Waals surface area contributed by atoms with Gasteiger partial charge in [0.1, 0.15) is 24.9 Å². The third-order valence-corrected chi connectivity index (χ3v) is 9.82. The molecule has 0 fully saturated rings. The molecule has 1 heterocycles. The zero-order valence-corrected chi connectivity index (χ0v) is 38.4. The fraction of sp³-hybridized carbons (Fsp3) is 0.571. The lowest BCUT2D eigenvalue weighted by Crippen LogP contribution is -2.52. The van der Waals surface area contributed by atoms with Gasteiger partial charge in [0.05, 0.1) is 70.9 Å². The second kappa shape index (κ2) is 32.9. The van der Waals surface area contributed by atoms with Crippen LogP contribution in [0.5, 0.6) is 0 Å². The normalized spacial score (nSPS) is 14.0. The molecule has 8 amide bonds. The van der Waals surface area contributed by atoms with Crippen molar-refractivity contribution in [1.29, 1.82) is 0 Å². The Hall–Kier alpha value is -5.63. The number of benzene rings is 1. The molecular weight excluding hydrogens is 889 g/mol. The number of hydrogen-bond acceptors (Lipinski definition) is 16. The van der Waals surface area contributed by atoms with E-state index < -0.39 is 48.0 Å². The van der Waals surface area contributed by atoms with E-state index in [0.717, 1.165) is 0 Å². The number of nitrogens with one attached hydrogen (secondary N) is 7. The third-order valence-electron chi connectivity index (χ3n) is 8.79. The highest BCUT2D eigenvalue weighted by atomic mass is 32.2. The van der Waals surface area contributed by atoms with E-state index >= 15 is 0 Å². The number of amides is 8. The average Bonchev–Trinajstić information content (AvgIpc) is 3.55. The number of hydrogen-bond donors (Lipinski definition) is 9. The predicted molar refractivity (Wildman–Crippen MR) is 240 cm³/mol. The van der Waals surface area contributed by atoms with E-state index in [-0.39, 0.29) is 110 Å². The van der Waals surface area contributed by atoms with E-state index in [1.54, 1.807) is 31.2 Å². The zero-order chi connectivity index (χ0) is 48.7. The summed E-state index contributed by atoms with van der Waals surface area (Å²) in [7, 11) is 0. The van der Waals surface area contributed by atoms with E-state index in [4.69, 9.17) is 28.8 Å². The van der Waals surface area contributed by atoms with Crippen molar-refractivity contribution in [3.05, 3.63) is 53.0 Å². The number of anilines is 1. The van der Waals surface area contributed by atoms with Crippen molar-refractivity contribution in [1.82, 2.24) is 36.8 Å². The molecule has 3 atom stereocenters. The molecule has 1 aliphatic heterocycles. The van der Waals surface area contributed by atoms with Gasteiger partial charge in [-0.25, -0.2) is 4.79 Å². The zero-order valence-electron chi connectivity index (χ0n) is 37.6. The lowest BCUT2D eigenvalue weighted by atomic mass is 10.1. The van der Waals surface area contributed by atoms with E-state index in [1.807, 2.05) is 0 Å². The quantitative estimate of drug-likeness (QED) is 0.0278. The highest BCUT2D eigenvalue weighted by Crippen LogP contribution is 2.26. The third kappa shape index (κ3) is 24.6. The first-order chi connectivity index (χ1) is 31.6. The number of carbonyl (C=O) groups is 8. The molecule has 1 aliphatic rings. The van der Waals surface area contributed by atoms with Crippen LogP contribution in [0.25, 0.3) is 0 Å². The van der Waals surface area contributed by atoms with Crippen LogP contribution in [0.1, 0.15) is 39.2 Å². The summed E-state index contributed by atoms with van der Waals surface area (Å²) in [5, 5.41) is 36.9. The number of carbonyl (C=O) groups excluding carboxylic acids is 8. The van der Waals surface area contributed by atoms with Gasteiger partial charge in [-0.05, 0) is 43.2 Å². The molecule has 24 heteroatoms. The molecule has 0 saturated heterocycles. The molecule has 368 valence electrons. The molecule has 0 radical (unpaired) electrons. The summed E-state index contributed by atoms with van der Waals surface area (Å²) in [6, 6.07) is 4.48. The minimum absolute atomic E-state index is 0.0127. The van der Waals surface area contributed by atoms with Gasteiger partial charge in [0.15, 0.2) is 0 Å². The minimum atomic E-state index is -1.16. The van der Waals surface area contributed by atoms with Crippen LogP contribution in [0.4, 0.5) is 10.5 Å². The largest absolute Gasteiger partial charge is 0.445 e. The van der Waals surface area contributed by atoms with Gasteiger partial charge in [-0.3, -0.25) is 33.6 Å². The monoisotopic (exact) mass is 952 g/mol. The molecule has 66 heavy (non-hydrogen) atoms. The molecule has 1 aromatic rings. The van der Waals surface area contributed by atoms with Gasteiger partial charge in [-0.2, -0.15) is 0 Å². The number of thioether (sulfide) groups is 1. The number of aliphatic hydroxyl groups excluding tert-OH is 2. The molecule has 1 unspecified atom stereocenters. The number of nitrogens with zero attached hydrogens (tertiary/aromatic N) is 1. The van der Waals surface area contributed by atoms with Crippen molar-refractivity contribution < 1.29 is 72.3 Å². The Kier molecular flexibility index (Phi) is 28.2. The Labute approximate surface area is 387 Å². The maximum atomic E-state index is 12.9. The molecule has 9 N–H and O–H groups in total. The van der Waals surface area contributed by atoms with Crippen LogP contribution in [-0.4, -0.2) is 179 Å². The summed E-state index contributed by atoms with van der Waals surface area (Å²) in [5.74, 6) is -2.60. The molecular formula is C42H64N8O15S. The van der Waals surface area contributed by atoms with E-state index in [1.165, 1.54) is 36.6 Å². The van der Waals surface area contributed by atoms with Crippen LogP contribution in [0.3, 0.4) is 0 Å². The van der Waals surface area contributed by atoms with Crippen molar-refractivity contribution in [2.45, 2.75) is 58.5 Å². The van der Waals surface area contributed by atoms with Gasteiger partial charge in [0, 0.05) is 57.4 Å². The number of ether oxygens (including phenoxy) is 5. The molecule has 23 nitrogen and oxygen atoms in total. The van der Waals surface area contributed by atoms with Gasteiger partial charge in [0.25, 0.3) is 5.91 Å². The number of rotatable bonds is 34. The maximum absolute atomic E-state index is 12.9. The smallest absolute Gasteiger partial charge is 0.407 e. The van der Waals surface area contributed by atoms with Crippen molar-refractivity contribution in [3.8, 4) is 0 Å². The second-order valence-corrected chi connectivity index (χ2v) is 15.5.